The molecule has 420 valence electrons. The molecule has 2 atom stereocenters. The van der Waals surface area contributed by atoms with Gasteiger partial charge in [-0.25, -0.2) is 19.2 Å². The molecule has 0 bridgehead atoms. The number of carboxylic acid groups (broad SMARTS) is 4. The number of hydrogen-bond donors (Lipinski definition) is 8. The van der Waals surface area contributed by atoms with Gasteiger partial charge in [-0.3, -0.25) is 19.2 Å². The standard InChI is InChI=1S/2C20H25ClN2O5.2C6H10O4/c2*1-4-28-20(25)18-15(11-27-10-9-22)23-12(2)16(19(24)26-3)17(18)13-7-5-6-8-14(13)21;2*7-5(8)3-1-2-4-6(9)10/h2*5-8,17,23H,4,9-11,22H2,1-3H3;2*1-4H2,(H,7,8)(H,9,10)/p+1. The van der Waals surface area contributed by atoms with E-state index < -0.39 is 59.6 Å². The summed E-state index contributed by atoms with van der Waals surface area (Å²) in [6.45, 7) is 9.26. The van der Waals surface area contributed by atoms with E-state index in [2.05, 4.69) is 16.4 Å². The second kappa shape index (κ2) is 37.0. The van der Waals surface area contributed by atoms with Crippen LogP contribution in [0.25, 0.3) is 0 Å². The molecule has 0 saturated carbocycles. The van der Waals surface area contributed by atoms with Crippen molar-refractivity contribution in [1.29, 1.82) is 0 Å². The second-order valence-electron chi connectivity index (χ2n) is 16.2. The Morgan fingerprint density at radius 1 is 0.553 bits per heavy atom. The Morgan fingerprint density at radius 3 is 1.16 bits per heavy atom. The van der Waals surface area contributed by atoms with Crippen molar-refractivity contribution in [1.82, 2.24) is 10.6 Å². The Bertz CT molecular complexity index is 2240. The van der Waals surface area contributed by atoms with Gasteiger partial charge in [-0.05, 0) is 76.6 Å². The van der Waals surface area contributed by atoms with Gasteiger partial charge < -0.3 is 70.9 Å². The number of carboxylic acids is 4. The van der Waals surface area contributed by atoms with E-state index in [9.17, 15) is 38.4 Å². The number of allylic oxidation sites excluding steroid dienone is 2. The summed E-state index contributed by atoms with van der Waals surface area (Å²) in [5.74, 6) is -7.17. The zero-order valence-corrected chi connectivity index (χ0v) is 45.1. The van der Waals surface area contributed by atoms with Gasteiger partial charge in [-0.15, -0.1) is 0 Å². The summed E-state index contributed by atoms with van der Waals surface area (Å²) in [4.78, 5) is 90.5. The molecule has 0 fully saturated rings. The Kier molecular flexibility index (Phi) is 32.7. The van der Waals surface area contributed by atoms with E-state index >= 15 is 0 Å². The highest BCUT2D eigenvalue weighted by molar-refractivity contribution is 6.32. The summed E-state index contributed by atoms with van der Waals surface area (Å²) in [6.07, 6.45) is 2.04. The molecule has 0 saturated heterocycles. The molecule has 0 aromatic heterocycles. The van der Waals surface area contributed by atoms with Gasteiger partial charge in [0.2, 0.25) is 0 Å². The van der Waals surface area contributed by atoms with E-state index in [1.165, 1.54) is 14.2 Å². The fourth-order valence-corrected chi connectivity index (χ4v) is 7.85. The number of unbranched alkanes of at least 4 members (excludes halogenated alkanes) is 2. The van der Waals surface area contributed by atoms with Crippen LogP contribution in [0.5, 0.6) is 0 Å². The maximum absolute atomic E-state index is 12.9. The highest BCUT2D eigenvalue weighted by Crippen LogP contribution is 2.43. The molecule has 0 radical (unpaired) electrons. The summed E-state index contributed by atoms with van der Waals surface area (Å²) in [6, 6.07) is 14.1. The number of ether oxygens (including phenoxy) is 6. The van der Waals surface area contributed by atoms with Crippen molar-refractivity contribution in [2.75, 3.05) is 67.0 Å². The zero-order valence-electron chi connectivity index (χ0n) is 43.6. The zero-order chi connectivity index (χ0) is 57.3. The van der Waals surface area contributed by atoms with Crippen LogP contribution in [-0.2, 0) is 66.8 Å². The van der Waals surface area contributed by atoms with E-state index in [-0.39, 0.29) is 63.3 Å². The molecule has 2 aromatic carbocycles. The molecule has 0 spiro atoms. The minimum absolute atomic E-state index is 0.0628. The average molecular weight is 1110 g/mol. The van der Waals surface area contributed by atoms with Gasteiger partial charge >= 0.3 is 47.8 Å². The summed E-state index contributed by atoms with van der Waals surface area (Å²) in [5.41, 5.74) is 13.7. The number of nitrogens with two attached hydrogens (primary N) is 1. The number of nitrogens with one attached hydrogen (secondary N) is 2. The number of methoxy groups -OCH3 is 2. The van der Waals surface area contributed by atoms with Gasteiger partial charge in [0.15, 0.2) is 0 Å². The van der Waals surface area contributed by atoms with Gasteiger partial charge in [0, 0.05) is 53.7 Å². The minimum atomic E-state index is -0.870. The highest BCUT2D eigenvalue weighted by Gasteiger charge is 2.41. The third-order valence-corrected chi connectivity index (χ3v) is 11.3. The molecule has 76 heavy (non-hydrogen) atoms. The number of esters is 4. The van der Waals surface area contributed by atoms with E-state index in [1.54, 1.807) is 76.2 Å². The highest BCUT2D eigenvalue weighted by atomic mass is 35.5. The number of carbonyl (C=O) groups excluding carboxylic acids is 4. The fraction of sp³-hybridized carbons (Fsp3) is 0.462. The van der Waals surface area contributed by atoms with Crippen molar-refractivity contribution in [3.63, 3.8) is 0 Å². The Hall–Kier alpha value is -6.82. The Morgan fingerprint density at radius 2 is 0.882 bits per heavy atom. The molecule has 0 amide bonds. The molecule has 2 aliphatic heterocycles. The Labute approximate surface area is 451 Å². The van der Waals surface area contributed by atoms with Crippen LogP contribution in [0, 0.1) is 0 Å². The largest absolute Gasteiger partial charge is 0.481 e. The summed E-state index contributed by atoms with van der Waals surface area (Å²) in [7, 11) is 2.59. The summed E-state index contributed by atoms with van der Waals surface area (Å²) in [5, 5.41) is 39.6. The third kappa shape index (κ3) is 23.0. The van der Waals surface area contributed by atoms with Crippen LogP contribution < -0.4 is 22.1 Å². The first-order valence-electron chi connectivity index (χ1n) is 24.1. The number of benzene rings is 2. The number of rotatable bonds is 26. The number of halogens is 2. The minimum Gasteiger partial charge on any atom is -0.481 e. The fourth-order valence-electron chi connectivity index (χ4n) is 7.36. The maximum atomic E-state index is 12.9. The van der Waals surface area contributed by atoms with Crippen LogP contribution >= 0.6 is 23.2 Å². The van der Waals surface area contributed by atoms with Crippen molar-refractivity contribution in [2.45, 2.75) is 90.9 Å². The van der Waals surface area contributed by atoms with Crippen LogP contribution in [0.4, 0.5) is 0 Å². The summed E-state index contributed by atoms with van der Waals surface area (Å²) < 4.78 is 31.7. The number of dihydropyridines is 2. The molecule has 24 heteroatoms. The lowest BCUT2D eigenvalue weighted by atomic mass is 9.80. The molecule has 11 N–H and O–H groups in total. The lowest BCUT2D eigenvalue weighted by Gasteiger charge is -2.31. The van der Waals surface area contributed by atoms with Gasteiger partial charge in [0.1, 0.15) is 0 Å². The lowest BCUT2D eigenvalue weighted by molar-refractivity contribution is -0.373. The first-order chi connectivity index (χ1) is 36.2. The van der Waals surface area contributed by atoms with E-state index in [0.29, 0.717) is 107 Å². The van der Waals surface area contributed by atoms with Crippen molar-refractivity contribution in [2.24, 2.45) is 5.73 Å². The van der Waals surface area contributed by atoms with E-state index in [4.69, 9.17) is 77.8 Å². The monoisotopic (exact) mass is 1110 g/mol. The molecule has 2 unspecified atom stereocenters. The molecular weight excluding hydrogens is 1040 g/mol. The van der Waals surface area contributed by atoms with Crippen LogP contribution in [0.2, 0.25) is 10.0 Å². The number of quaternary nitrogens is 1. The normalized spacial score (nSPS) is 14.7. The van der Waals surface area contributed by atoms with Gasteiger partial charge in [-0.1, -0.05) is 59.6 Å². The predicted octanol–water partition coefficient (Wildman–Crippen LogP) is 5.25. The van der Waals surface area contributed by atoms with Crippen LogP contribution in [0.15, 0.2) is 93.6 Å². The number of aliphatic carboxylic acids is 4. The number of carbonyl (C=O) groups is 8. The molecule has 22 nitrogen and oxygen atoms in total. The third-order valence-electron chi connectivity index (χ3n) is 10.6. The molecular formula is C52H71Cl2N4O18+. The van der Waals surface area contributed by atoms with Crippen molar-refractivity contribution < 1.29 is 92.9 Å². The predicted molar refractivity (Wildman–Crippen MR) is 277 cm³/mol. The first-order valence-corrected chi connectivity index (χ1v) is 24.9. The molecule has 4 rings (SSSR count). The quantitative estimate of drug-likeness (QED) is 0.0339. The van der Waals surface area contributed by atoms with Crippen LogP contribution in [0.3, 0.4) is 0 Å². The van der Waals surface area contributed by atoms with Crippen LogP contribution in [0.1, 0.15) is 102 Å². The average Bonchev–Trinajstić information content (AvgIpc) is 3.36. The maximum Gasteiger partial charge on any atom is 0.336 e. The van der Waals surface area contributed by atoms with Crippen molar-refractivity contribution in [3.8, 4) is 0 Å². The van der Waals surface area contributed by atoms with Crippen molar-refractivity contribution >= 4 is 71.0 Å². The SMILES string of the molecule is CCOC(=O)C1=C(COCCN)NC(C)=C(C(=O)OC)C1c1ccccc1Cl.CCOC(=O)C1=C(COCC[NH3+])NC(C)=C(C(=O)OC)C1c1ccccc1Cl.O=C(O)CCCCC(=O)O.O=C(O)CCCCC(=O)O. The van der Waals surface area contributed by atoms with Crippen LogP contribution in [-0.4, -0.2) is 135 Å². The van der Waals surface area contributed by atoms with Crippen molar-refractivity contribution in [3.05, 3.63) is 115 Å². The second-order valence-corrected chi connectivity index (χ2v) is 17.0. The molecule has 0 aliphatic carbocycles. The summed E-state index contributed by atoms with van der Waals surface area (Å²) >= 11 is 12.9. The van der Waals surface area contributed by atoms with Gasteiger partial charge in [-0.2, -0.15) is 0 Å². The van der Waals surface area contributed by atoms with Gasteiger partial charge in [0.25, 0.3) is 0 Å². The smallest absolute Gasteiger partial charge is 0.336 e. The van der Waals surface area contributed by atoms with E-state index in [0.717, 1.165) is 0 Å². The van der Waals surface area contributed by atoms with Gasteiger partial charge in [0.05, 0.1) is 106 Å². The Balaban J connectivity index is 0.000000563. The molecule has 2 aromatic rings. The molecule has 2 aliphatic rings. The molecule has 2 heterocycles. The topological polar surface area (TPSA) is 351 Å². The first kappa shape index (κ1) is 67.2. The van der Waals surface area contributed by atoms with E-state index in [1.807, 2.05) is 0 Å². The number of hydrogen-bond acceptors (Lipinski definition) is 17. The lowest BCUT2D eigenvalue weighted by Crippen LogP contribution is -2.52.